The van der Waals surface area contributed by atoms with Gasteiger partial charge < -0.3 is 20.1 Å². The summed E-state index contributed by atoms with van der Waals surface area (Å²) in [6, 6.07) is 0. The molecule has 0 aromatic carbocycles. The van der Waals surface area contributed by atoms with Gasteiger partial charge >= 0.3 is 17.6 Å². The predicted octanol–water partition coefficient (Wildman–Crippen LogP) is 1.25. The highest BCUT2D eigenvalue weighted by Gasteiger charge is 2.59. The van der Waals surface area contributed by atoms with E-state index >= 15 is 0 Å². The summed E-state index contributed by atoms with van der Waals surface area (Å²) >= 11 is 12.1. The Labute approximate surface area is 149 Å². The normalized spacial score (nSPS) is 17.0. The molecule has 0 fully saturated rings. The number of fused-ring (bicyclic) bond motifs is 2. The van der Waals surface area contributed by atoms with Gasteiger partial charge in [0.05, 0.1) is 0 Å². The first-order valence-corrected chi connectivity index (χ1v) is 7.65. The second-order valence-electron chi connectivity index (χ2n) is 5.21. The zero-order valence-electron chi connectivity index (χ0n) is 12.7. The molecule has 1 spiro atoms. The van der Waals surface area contributed by atoms with Gasteiger partial charge in [-0.1, -0.05) is 23.2 Å². The van der Waals surface area contributed by atoms with Crippen LogP contribution >= 0.6 is 23.2 Å². The van der Waals surface area contributed by atoms with Gasteiger partial charge in [0, 0.05) is 0 Å². The third kappa shape index (κ3) is 2.25. The molecule has 2 amide bonds. The van der Waals surface area contributed by atoms with Crippen molar-refractivity contribution >= 4 is 46.7 Å². The first kappa shape index (κ1) is 15.8. The number of anilines is 2. The Kier molecular flexibility index (Phi) is 3.24. The summed E-state index contributed by atoms with van der Waals surface area (Å²) in [4.78, 5) is 41.0. The van der Waals surface area contributed by atoms with Crippen molar-refractivity contribution in [1.82, 2.24) is 19.9 Å². The summed E-state index contributed by atoms with van der Waals surface area (Å²) < 4.78 is 11.0. The summed E-state index contributed by atoms with van der Waals surface area (Å²) in [5.41, 5.74) is 0. The molecule has 10 nitrogen and oxygen atoms in total. The fraction of sp³-hybridized carbons (Fsp3) is 0.231. The van der Waals surface area contributed by atoms with Crippen molar-refractivity contribution in [2.75, 3.05) is 10.6 Å². The number of nitrogens with one attached hydrogen (secondary N) is 2. The van der Waals surface area contributed by atoms with E-state index in [0.717, 1.165) is 0 Å². The lowest BCUT2D eigenvalue weighted by molar-refractivity contribution is -0.173. The van der Waals surface area contributed by atoms with Gasteiger partial charge in [-0.2, -0.15) is 0 Å². The molecular weight excluding hydrogens is 375 g/mol. The predicted molar refractivity (Wildman–Crippen MR) is 84.8 cm³/mol. The maximum atomic E-state index is 12.5. The molecule has 0 radical (unpaired) electrons. The minimum Gasteiger partial charge on any atom is -0.430 e. The number of aromatic nitrogens is 4. The van der Waals surface area contributed by atoms with Crippen molar-refractivity contribution in [1.29, 1.82) is 0 Å². The number of rotatable bonds is 0. The molecular formula is C13H8Cl2N6O4. The van der Waals surface area contributed by atoms with E-state index in [-0.39, 0.29) is 33.4 Å². The quantitative estimate of drug-likeness (QED) is 0.514. The standard InChI is InChI=1S/C13H8Cl2N6O4/c1-3-16-7(14)5-9(18-3)20-11(22)13(24-5)12(23)21-10-6(25-13)8(15)17-4(2)19-10/h1-2H3,(H,16,18,20,22)(H,17,19,21,23). The van der Waals surface area contributed by atoms with E-state index in [1.165, 1.54) is 0 Å². The van der Waals surface area contributed by atoms with Crippen LogP contribution in [0.4, 0.5) is 11.6 Å². The van der Waals surface area contributed by atoms with Gasteiger partial charge in [-0.15, -0.1) is 0 Å². The number of ether oxygens (including phenoxy) is 2. The van der Waals surface area contributed by atoms with Crippen LogP contribution in [0.25, 0.3) is 0 Å². The zero-order valence-corrected chi connectivity index (χ0v) is 14.2. The SMILES string of the molecule is Cc1nc(Cl)c2c(n1)NC(=O)C1(O2)Oc2c(Cl)nc(C)nc2NC1=O. The third-order valence-electron chi connectivity index (χ3n) is 3.43. The van der Waals surface area contributed by atoms with Crippen molar-refractivity contribution in [2.24, 2.45) is 0 Å². The molecule has 2 N–H and O–H groups in total. The largest absolute Gasteiger partial charge is 0.430 e. The second-order valence-corrected chi connectivity index (χ2v) is 5.92. The monoisotopic (exact) mass is 382 g/mol. The van der Waals surface area contributed by atoms with Crippen molar-refractivity contribution in [3.63, 3.8) is 0 Å². The van der Waals surface area contributed by atoms with Crippen LogP contribution in [0.5, 0.6) is 11.5 Å². The molecule has 25 heavy (non-hydrogen) atoms. The minimum absolute atomic E-state index is 0.0292. The number of aryl methyl sites for hydroxylation is 2. The number of hydrogen-bond donors (Lipinski definition) is 2. The van der Waals surface area contributed by atoms with Gasteiger partial charge in [-0.05, 0) is 13.8 Å². The highest BCUT2D eigenvalue weighted by molar-refractivity contribution is 6.32. The molecule has 2 aliphatic rings. The molecule has 4 rings (SSSR count). The van der Waals surface area contributed by atoms with Crippen LogP contribution in [0.2, 0.25) is 10.3 Å². The summed E-state index contributed by atoms with van der Waals surface area (Å²) in [5.74, 6) is -3.73. The minimum atomic E-state index is -2.40. The van der Waals surface area contributed by atoms with E-state index in [4.69, 9.17) is 32.7 Å². The van der Waals surface area contributed by atoms with Crippen LogP contribution in [0, 0.1) is 13.8 Å². The van der Waals surface area contributed by atoms with Crippen molar-refractivity contribution in [3.05, 3.63) is 22.0 Å². The lowest BCUT2D eigenvalue weighted by Gasteiger charge is -2.37. The number of nitrogens with zero attached hydrogens (tertiary/aromatic N) is 4. The molecule has 128 valence electrons. The fourth-order valence-electron chi connectivity index (χ4n) is 2.38. The molecule has 0 saturated carbocycles. The van der Waals surface area contributed by atoms with Crippen LogP contribution < -0.4 is 20.1 Å². The van der Waals surface area contributed by atoms with Crippen molar-refractivity contribution in [2.45, 2.75) is 19.6 Å². The third-order valence-corrected chi connectivity index (χ3v) is 3.94. The van der Waals surface area contributed by atoms with Gasteiger partial charge in [0.1, 0.15) is 11.6 Å². The molecule has 0 bridgehead atoms. The van der Waals surface area contributed by atoms with Crippen molar-refractivity contribution < 1.29 is 19.1 Å². The summed E-state index contributed by atoms with van der Waals surface area (Å²) in [6.07, 6.45) is 0. The molecule has 2 aliphatic heterocycles. The number of hydrogen-bond acceptors (Lipinski definition) is 8. The van der Waals surface area contributed by atoms with Crippen LogP contribution in [0.15, 0.2) is 0 Å². The topological polar surface area (TPSA) is 128 Å². The fourth-order valence-corrected chi connectivity index (χ4v) is 2.88. The average molecular weight is 383 g/mol. The number of carbonyl (C=O) groups is 2. The Balaban J connectivity index is 1.84. The average Bonchev–Trinajstić information content (AvgIpc) is 2.51. The molecule has 0 unspecified atom stereocenters. The molecule has 4 heterocycles. The Bertz CT molecular complexity index is 889. The van der Waals surface area contributed by atoms with E-state index in [1.807, 2.05) is 0 Å². The van der Waals surface area contributed by atoms with Crippen LogP contribution in [-0.2, 0) is 9.59 Å². The lowest BCUT2D eigenvalue weighted by atomic mass is 10.1. The first-order chi connectivity index (χ1) is 11.8. The molecule has 12 heteroatoms. The van der Waals surface area contributed by atoms with E-state index in [2.05, 4.69) is 30.6 Å². The lowest BCUT2D eigenvalue weighted by Crippen LogP contribution is -2.64. The van der Waals surface area contributed by atoms with Gasteiger partial charge in [0.2, 0.25) is 11.5 Å². The first-order valence-electron chi connectivity index (χ1n) is 6.89. The number of carbonyl (C=O) groups excluding carboxylic acids is 2. The smallest absolute Gasteiger partial charge is 0.416 e. The van der Waals surface area contributed by atoms with E-state index in [1.54, 1.807) is 13.8 Å². The van der Waals surface area contributed by atoms with Gasteiger partial charge in [-0.25, -0.2) is 19.9 Å². The maximum Gasteiger partial charge on any atom is 0.416 e. The number of amides is 2. The Hall–Kier alpha value is -2.72. The highest BCUT2D eigenvalue weighted by atomic mass is 35.5. The molecule has 0 atom stereocenters. The van der Waals surface area contributed by atoms with Gasteiger partial charge in [0.25, 0.3) is 0 Å². The summed E-state index contributed by atoms with van der Waals surface area (Å²) in [6.45, 7) is 3.17. The van der Waals surface area contributed by atoms with E-state index in [0.29, 0.717) is 11.6 Å². The van der Waals surface area contributed by atoms with Crippen LogP contribution in [0.3, 0.4) is 0 Å². The van der Waals surface area contributed by atoms with Crippen molar-refractivity contribution in [3.8, 4) is 11.5 Å². The molecule has 2 aromatic rings. The van der Waals surface area contributed by atoms with Crippen LogP contribution in [0.1, 0.15) is 11.6 Å². The van der Waals surface area contributed by atoms with Crippen LogP contribution in [-0.4, -0.2) is 37.5 Å². The van der Waals surface area contributed by atoms with Gasteiger partial charge in [0.15, 0.2) is 21.9 Å². The van der Waals surface area contributed by atoms with E-state index in [9.17, 15) is 9.59 Å². The molecule has 2 aromatic heterocycles. The Morgan fingerprint density at radius 3 is 1.60 bits per heavy atom. The molecule has 0 aliphatic carbocycles. The summed E-state index contributed by atoms with van der Waals surface area (Å²) in [5, 5.41) is 4.67. The second kappa shape index (κ2) is 5.14. The Morgan fingerprint density at radius 2 is 1.20 bits per heavy atom. The zero-order chi connectivity index (χ0) is 17.9. The summed E-state index contributed by atoms with van der Waals surface area (Å²) in [7, 11) is 0. The highest BCUT2D eigenvalue weighted by Crippen LogP contribution is 2.43. The Morgan fingerprint density at radius 1 is 0.800 bits per heavy atom. The number of halogens is 2. The van der Waals surface area contributed by atoms with Gasteiger partial charge in [-0.3, -0.25) is 9.59 Å². The van der Waals surface area contributed by atoms with E-state index < -0.39 is 17.6 Å². The molecule has 0 saturated heterocycles. The maximum absolute atomic E-state index is 12.5.